The van der Waals surface area contributed by atoms with Crippen LogP contribution in [0.1, 0.15) is 16.6 Å². The predicted molar refractivity (Wildman–Crippen MR) is 90.7 cm³/mol. The van der Waals surface area contributed by atoms with Gasteiger partial charge in [0.05, 0.1) is 35.9 Å². The molecule has 1 fully saturated rings. The van der Waals surface area contributed by atoms with E-state index in [0.29, 0.717) is 41.9 Å². The van der Waals surface area contributed by atoms with Gasteiger partial charge in [0.25, 0.3) is 6.01 Å². The van der Waals surface area contributed by atoms with Crippen LogP contribution in [-0.4, -0.2) is 35.6 Å². The average Bonchev–Trinajstić information content (AvgIpc) is 3.15. The van der Waals surface area contributed by atoms with Crippen molar-refractivity contribution < 1.29 is 27.1 Å². The van der Waals surface area contributed by atoms with E-state index in [9.17, 15) is 13.2 Å². The Morgan fingerprint density at radius 3 is 2.93 bits per heavy atom. The van der Waals surface area contributed by atoms with Crippen LogP contribution in [-0.2, 0) is 11.2 Å². The summed E-state index contributed by atoms with van der Waals surface area (Å²) in [4.78, 5) is 11.8. The number of thiazole rings is 1. The zero-order valence-corrected chi connectivity index (χ0v) is 14.5. The molecule has 0 spiro atoms. The lowest BCUT2D eigenvalue weighted by Gasteiger charge is -2.43. The number of alkyl halides is 3. The molecule has 142 valence electrons. The lowest BCUT2D eigenvalue weighted by Crippen LogP contribution is -2.51. The molecule has 11 heteroatoms. The van der Waals surface area contributed by atoms with Crippen LogP contribution in [0.25, 0.3) is 11.1 Å². The Balaban J connectivity index is 1.53. The molecule has 0 saturated carbocycles. The van der Waals surface area contributed by atoms with Crippen molar-refractivity contribution in [1.82, 2.24) is 9.97 Å². The molecule has 1 aromatic carbocycles. The Morgan fingerprint density at radius 2 is 2.11 bits per heavy atom. The molecule has 5 rings (SSSR count). The number of nitrogens with zero attached hydrogens (tertiary/aromatic N) is 3. The number of benzene rings is 1. The summed E-state index contributed by atoms with van der Waals surface area (Å²) in [7, 11) is 0. The smallest absolute Gasteiger partial charge is 0.423 e. The number of fused-ring (bicyclic) bond motifs is 5. The highest BCUT2D eigenvalue weighted by Crippen LogP contribution is 2.43. The van der Waals surface area contributed by atoms with E-state index < -0.39 is 6.36 Å². The maximum absolute atomic E-state index is 12.4. The first-order valence-electron chi connectivity index (χ1n) is 8.15. The van der Waals surface area contributed by atoms with E-state index in [2.05, 4.69) is 14.7 Å². The third-order valence-corrected chi connectivity index (χ3v) is 5.62. The van der Waals surface area contributed by atoms with Gasteiger partial charge in [-0.05, 0) is 12.1 Å². The standard InChI is InChI=1S/C16H13F3N4O3S/c17-16(18,19)26-8-1-2-12-9(4-8)22-15(25-12)23-7-3-10-13(27-14(20)21-10)11(23)6-24-5-7/h1-2,4,7,11H,3,5-6H2,(H2,20,21)/t7-,11-/m0/s1. The van der Waals surface area contributed by atoms with Gasteiger partial charge in [-0.2, -0.15) is 4.98 Å². The first kappa shape index (κ1) is 16.6. The fourth-order valence-electron chi connectivity index (χ4n) is 3.59. The van der Waals surface area contributed by atoms with Crippen LogP contribution in [0.5, 0.6) is 5.75 Å². The van der Waals surface area contributed by atoms with Crippen LogP contribution in [0.3, 0.4) is 0 Å². The van der Waals surface area contributed by atoms with E-state index in [0.717, 1.165) is 10.6 Å². The van der Waals surface area contributed by atoms with E-state index in [1.54, 1.807) is 0 Å². The Bertz CT molecular complexity index is 1020. The summed E-state index contributed by atoms with van der Waals surface area (Å²) in [6, 6.07) is 4.00. The highest BCUT2D eigenvalue weighted by Gasteiger charge is 2.42. The quantitative estimate of drug-likeness (QED) is 0.709. The number of rotatable bonds is 2. The van der Waals surface area contributed by atoms with E-state index in [1.807, 2.05) is 4.90 Å². The number of anilines is 2. The van der Waals surface area contributed by atoms with Crippen molar-refractivity contribution in [2.24, 2.45) is 0 Å². The molecule has 2 aliphatic rings. The van der Waals surface area contributed by atoms with Gasteiger partial charge in [-0.3, -0.25) is 0 Å². The Hall–Kier alpha value is -2.53. The van der Waals surface area contributed by atoms with Crippen molar-refractivity contribution in [2.75, 3.05) is 23.8 Å². The fourth-order valence-corrected chi connectivity index (χ4v) is 4.54. The number of nitrogen functional groups attached to an aromatic ring is 1. The van der Waals surface area contributed by atoms with Gasteiger partial charge in [0.15, 0.2) is 10.7 Å². The van der Waals surface area contributed by atoms with E-state index >= 15 is 0 Å². The number of morpholine rings is 1. The Morgan fingerprint density at radius 1 is 1.26 bits per heavy atom. The van der Waals surface area contributed by atoms with Gasteiger partial charge in [-0.15, -0.1) is 13.2 Å². The highest BCUT2D eigenvalue weighted by molar-refractivity contribution is 7.15. The Kier molecular flexibility index (Phi) is 3.53. The predicted octanol–water partition coefficient (Wildman–Crippen LogP) is 3.27. The minimum atomic E-state index is -4.76. The normalized spacial score (nSPS) is 22.1. The lowest BCUT2D eigenvalue weighted by atomic mass is 9.97. The van der Waals surface area contributed by atoms with Gasteiger partial charge in [0.1, 0.15) is 11.3 Å². The third-order valence-electron chi connectivity index (χ3n) is 4.59. The van der Waals surface area contributed by atoms with Gasteiger partial charge < -0.3 is 24.5 Å². The summed E-state index contributed by atoms with van der Waals surface area (Å²) in [5.41, 5.74) is 7.49. The Labute approximate surface area is 154 Å². The van der Waals surface area contributed by atoms with E-state index in [1.165, 1.54) is 29.5 Å². The molecule has 2 atom stereocenters. The second kappa shape index (κ2) is 5.73. The summed E-state index contributed by atoms with van der Waals surface area (Å²) < 4.78 is 52.8. The van der Waals surface area contributed by atoms with Crippen molar-refractivity contribution in [3.8, 4) is 5.75 Å². The van der Waals surface area contributed by atoms with Gasteiger partial charge in [-0.25, -0.2) is 4.98 Å². The molecule has 2 aliphatic heterocycles. The molecule has 1 saturated heterocycles. The number of oxazole rings is 1. The van der Waals surface area contributed by atoms with Gasteiger partial charge in [0, 0.05) is 12.5 Å². The van der Waals surface area contributed by atoms with Crippen molar-refractivity contribution in [1.29, 1.82) is 0 Å². The maximum atomic E-state index is 12.4. The lowest BCUT2D eigenvalue weighted by molar-refractivity contribution is -0.274. The van der Waals surface area contributed by atoms with E-state index in [-0.39, 0.29) is 17.8 Å². The summed E-state index contributed by atoms with van der Waals surface area (Å²) >= 11 is 1.40. The molecule has 2 bridgehead atoms. The largest absolute Gasteiger partial charge is 0.573 e. The summed E-state index contributed by atoms with van der Waals surface area (Å²) in [5, 5.41) is 0.499. The van der Waals surface area contributed by atoms with Gasteiger partial charge >= 0.3 is 6.36 Å². The molecule has 0 aliphatic carbocycles. The molecule has 0 unspecified atom stereocenters. The zero-order chi connectivity index (χ0) is 18.8. The first-order valence-corrected chi connectivity index (χ1v) is 8.96. The molecular formula is C16H13F3N4O3S. The van der Waals surface area contributed by atoms with Crippen molar-refractivity contribution in [3.63, 3.8) is 0 Å². The number of nitrogens with two attached hydrogens (primary N) is 1. The SMILES string of the molecule is Nc1nc2c(s1)[C@@H]1COC[C@H](C2)N1c1nc2cc(OC(F)(F)F)ccc2o1. The van der Waals surface area contributed by atoms with E-state index in [4.69, 9.17) is 14.9 Å². The molecular weight excluding hydrogens is 385 g/mol. The van der Waals surface area contributed by atoms with Crippen LogP contribution in [0.2, 0.25) is 0 Å². The highest BCUT2D eigenvalue weighted by atomic mass is 32.1. The molecule has 2 aromatic heterocycles. The number of hydrogen-bond acceptors (Lipinski definition) is 8. The fraction of sp³-hybridized carbons (Fsp3) is 0.375. The molecule has 0 amide bonds. The zero-order valence-electron chi connectivity index (χ0n) is 13.7. The minimum absolute atomic E-state index is 0.0308. The number of aromatic nitrogens is 2. The topological polar surface area (TPSA) is 86.6 Å². The van der Waals surface area contributed by atoms with Crippen LogP contribution >= 0.6 is 11.3 Å². The second-order valence-corrected chi connectivity index (χ2v) is 7.42. The van der Waals surface area contributed by atoms with Gasteiger partial charge in [-0.1, -0.05) is 11.3 Å². The summed E-state index contributed by atoms with van der Waals surface area (Å²) in [5.74, 6) is -0.338. The number of hydrogen-bond donors (Lipinski definition) is 1. The minimum Gasteiger partial charge on any atom is -0.423 e. The average molecular weight is 398 g/mol. The van der Waals surface area contributed by atoms with Crippen LogP contribution < -0.4 is 15.4 Å². The molecule has 7 nitrogen and oxygen atoms in total. The van der Waals surface area contributed by atoms with Gasteiger partial charge in [0.2, 0.25) is 0 Å². The first-order chi connectivity index (χ1) is 12.9. The van der Waals surface area contributed by atoms with Crippen LogP contribution in [0, 0.1) is 0 Å². The molecule has 0 radical (unpaired) electrons. The van der Waals surface area contributed by atoms with Crippen molar-refractivity contribution >= 4 is 33.6 Å². The summed E-state index contributed by atoms with van der Waals surface area (Å²) in [6.45, 7) is 0.917. The molecule has 4 heterocycles. The number of ether oxygens (including phenoxy) is 2. The van der Waals surface area contributed by atoms with Crippen molar-refractivity contribution in [3.05, 3.63) is 28.8 Å². The second-order valence-electron chi connectivity index (χ2n) is 6.36. The summed E-state index contributed by atoms with van der Waals surface area (Å²) in [6.07, 6.45) is -4.12. The monoisotopic (exact) mass is 398 g/mol. The number of halogens is 3. The molecule has 2 N–H and O–H groups in total. The van der Waals surface area contributed by atoms with Crippen LogP contribution in [0.15, 0.2) is 22.6 Å². The third kappa shape index (κ3) is 2.86. The molecule has 27 heavy (non-hydrogen) atoms. The van der Waals surface area contributed by atoms with Crippen molar-refractivity contribution in [2.45, 2.75) is 24.9 Å². The maximum Gasteiger partial charge on any atom is 0.573 e. The van der Waals surface area contributed by atoms with Crippen LogP contribution in [0.4, 0.5) is 24.3 Å². The molecule has 3 aromatic rings.